The second-order valence-electron chi connectivity index (χ2n) is 5.79. The molecule has 0 aliphatic heterocycles. The number of carbonyl (C=O) groups is 2. The van der Waals surface area contributed by atoms with Crippen molar-refractivity contribution in [1.82, 2.24) is 9.80 Å². The topological polar surface area (TPSA) is 59.1 Å². The molecule has 0 saturated carbocycles. The number of unbranched alkanes of at least 4 members (excludes halogenated alkanes) is 1. The molecular formula is C20H36N2O4. The lowest BCUT2D eigenvalue weighted by atomic mass is 10.2. The van der Waals surface area contributed by atoms with Crippen molar-refractivity contribution < 1.29 is 19.1 Å². The van der Waals surface area contributed by atoms with Crippen LogP contribution in [0.4, 0.5) is 0 Å². The van der Waals surface area contributed by atoms with Crippen molar-refractivity contribution in [2.75, 3.05) is 39.4 Å². The van der Waals surface area contributed by atoms with Crippen molar-refractivity contribution >= 4 is 11.9 Å². The van der Waals surface area contributed by atoms with Crippen LogP contribution >= 0.6 is 0 Å². The van der Waals surface area contributed by atoms with Gasteiger partial charge in [-0.25, -0.2) is 0 Å². The lowest BCUT2D eigenvalue weighted by Crippen LogP contribution is -2.15. The third kappa shape index (κ3) is 13.3. The highest BCUT2D eigenvalue weighted by molar-refractivity contribution is 5.70. The van der Waals surface area contributed by atoms with Gasteiger partial charge in [0, 0.05) is 39.0 Å². The third-order valence-corrected chi connectivity index (χ3v) is 3.95. The zero-order valence-corrected chi connectivity index (χ0v) is 16.9. The summed E-state index contributed by atoms with van der Waals surface area (Å²) in [6.45, 7) is 12.6. The average Bonchev–Trinajstić information content (AvgIpc) is 2.65. The van der Waals surface area contributed by atoms with Crippen LogP contribution in [0.2, 0.25) is 0 Å². The summed E-state index contributed by atoms with van der Waals surface area (Å²) in [5.74, 6) is -0.463. The molecule has 0 aromatic carbocycles. The van der Waals surface area contributed by atoms with E-state index in [1.165, 1.54) is 0 Å². The van der Waals surface area contributed by atoms with Gasteiger partial charge in [-0.05, 0) is 65.1 Å². The van der Waals surface area contributed by atoms with Crippen LogP contribution in [0.1, 0.15) is 53.4 Å². The first kappa shape index (κ1) is 24.0. The van der Waals surface area contributed by atoms with E-state index in [2.05, 4.69) is 37.5 Å². The van der Waals surface area contributed by atoms with Crippen LogP contribution in [0.25, 0.3) is 0 Å². The lowest BCUT2D eigenvalue weighted by Gasteiger charge is -2.14. The van der Waals surface area contributed by atoms with Gasteiger partial charge in [0.15, 0.2) is 0 Å². The fourth-order valence-corrected chi connectivity index (χ4v) is 2.22. The summed E-state index contributed by atoms with van der Waals surface area (Å²) in [5, 5.41) is 0. The molecule has 0 unspecified atom stereocenters. The van der Waals surface area contributed by atoms with Crippen LogP contribution in [0.15, 0.2) is 24.6 Å². The van der Waals surface area contributed by atoms with Gasteiger partial charge in [0.2, 0.25) is 0 Å². The van der Waals surface area contributed by atoms with Crippen molar-refractivity contribution in [3.8, 4) is 0 Å². The zero-order chi connectivity index (χ0) is 19.6. The van der Waals surface area contributed by atoms with E-state index in [9.17, 15) is 9.59 Å². The van der Waals surface area contributed by atoms with Gasteiger partial charge >= 0.3 is 11.9 Å². The predicted octanol–water partition coefficient (Wildman–Crippen LogP) is 3.34. The Morgan fingerprint density at radius 3 is 1.35 bits per heavy atom. The van der Waals surface area contributed by atoms with E-state index in [-0.39, 0.29) is 25.2 Å². The number of carbonyl (C=O) groups excluding carboxylic acids is 2. The van der Waals surface area contributed by atoms with Gasteiger partial charge in [-0.15, -0.1) is 0 Å². The maximum absolute atomic E-state index is 11.6. The second kappa shape index (κ2) is 16.5. The molecule has 26 heavy (non-hydrogen) atoms. The smallest absolute Gasteiger partial charge is 0.306 e. The van der Waals surface area contributed by atoms with Crippen molar-refractivity contribution in [2.24, 2.45) is 0 Å². The molecule has 0 fully saturated rings. The first-order valence-electron chi connectivity index (χ1n) is 9.69. The van der Waals surface area contributed by atoms with E-state index in [1.807, 2.05) is 24.6 Å². The van der Waals surface area contributed by atoms with E-state index in [1.54, 1.807) is 0 Å². The normalized spacial score (nSPS) is 11.1. The number of nitrogens with zero attached hydrogens (tertiary/aromatic N) is 2. The average molecular weight is 369 g/mol. The molecule has 0 amide bonds. The molecule has 0 aliphatic rings. The van der Waals surface area contributed by atoms with E-state index >= 15 is 0 Å². The molecule has 0 aromatic heterocycles. The van der Waals surface area contributed by atoms with E-state index in [4.69, 9.17) is 9.47 Å². The number of hydrogen-bond donors (Lipinski definition) is 0. The molecule has 0 spiro atoms. The fourth-order valence-electron chi connectivity index (χ4n) is 2.22. The molecule has 0 atom stereocenters. The van der Waals surface area contributed by atoms with Gasteiger partial charge in [-0.2, -0.15) is 0 Å². The quantitative estimate of drug-likeness (QED) is 0.326. The van der Waals surface area contributed by atoms with Crippen LogP contribution in [-0.2, 0) is 19.1 Å². The Kier molecular flexibility index (Phi) is 15.2. The summed E-state index contributed by atoms with van der Waals surface area (Å²) >= 11 is 0. The highest BCUT2D eigenvalue weighted by Gasteiger charge is 2.05. The fraction of sp³-hybridized carbons (Fsp3) is 0.700. The number of ether oxygens (including phenoxy) is 2. The Bertz CT molecular complexity index is 388. The first-order chi connectivity index (χ1) is 12.6. The number of rotatable bonds is 15. The predicted molar refractivity (Wildman–Crippen MR) is 105 cm³/mol. The van der Waals surface area contributed by atoms with Gasteiger partial charge in [0.1, 0.15) is 13.2 Å². The van der Waals surface area contributed by atoms with Crippen molar-refractivity contribution in [1.29, 1.82) is 0 Å². The van der Waals surface area contributed by atoms with E-state index in [0.717, 1.165) is 26.2 Å². The Balaban J connectivity index is 3.69. The van der Waals surface area contributed by atoms with Crippen molar-refractivity contribution in [3.63, 3.8) is 0 Å². The maximum atomic E-state index is 11.6. The van der Waals surface area contributed by atoms with Crippen LogP contribution in [0, 0.1) is 0 Å². The van der Waals surface area contributed by atoms with Gasteiger partial charge in [-0.3, -0.25) is 9.59 Å². The first-order valence-corrected chi connectivity index (χ1v) is 9.69. The monoisotopic (exact) mass is 368 g/mol. The molecule has 0 saturated heterocycles. The SMILES string of the molecule is CCN(C=CCOC(=O)CCCCC(=O)OCC=CN(CC)CC)CC. The number of esters is 2. The molecule has 0 aromatic rings. The number of hydrogen-bond acceptors (Lipinski definition) is 6. The highest BCUT2D eigenvalue weighted by atomic mass is 16.5. The third-order valence-electron chi connectivity index (χ3n) is 3.95. The molecule has 0 heterocycles. The van der Waals surface area contributed by atoms with Crippen LogP contribution in [-0.4, -0.2) is 61.1 Å². The van der Waals surface area contributed by atoms with Gasteiger partial charge in [0.05, 0.1) is 0 Å². The molecule has 0 rings (SSSR count). The van der Waals surface area contributed by atoms with E-state index in [0.29, 0.717) is 25.7 Å². The van der Waals surface area contributed by atoms with Crippen molar-refractivity contribution in [2.45, 2.75) is 53.4 Å². The molecular weight excluding hydrogens is 332 g/mol. The second-order valence-corrected chi connectivity index (χ2v) is 5.79. The Morgan fingerprint density at radius 2 is 1.04 bits per heavy atom. The summed E-state index contributed by atoms with van der Waals surface area (Å²) < 4.78 is 10.3. The van der Waals surface area contributed by atoms with Crippen LogP contribution in [0.3, 0.4) is 0 Å². The van der Waals surface area contributed by atoms with E-state index < -0.39 is 0 Å². The minimum absolute atomic E-state index is 0.232. The van der Waals surface area contributed by atoms with Crippen molar-refractivity contribution in [3.05, 3.63) is 24.6 Å². The Labute approximate surface area is 158 Å². The van der Waals surface area contributed by atoms with Gasteiger partial charge in [-0.1, -0.05) is 0 Å². The summed E-state index contributed by atoms with van der Waals surface area (Å²) in [7, 11) is 0. The lowest BCUT2D eigenvalue weighted by molar-refractivity contribution is -0.144. The summed E-state index contributed by atoms with van der Waals surface area (Å²) in [6, 6.07) is 0. The summed E-state index contributed by atoms with van der Waals surface area (Å²) in [5.41, 5.74) is 0. The molecule has 0 N–H and O–H groups in total. The summed E-state index contributed by atoms with van der Waals surface area (Å²) in [4.78, 5) is 27.5. The zero-order valence-electron chi connectivity index (χ0n) is 16.9. The molecule has 6 heteroatoms. The van der Waals surface area contributed by atoms with Gasteiger partial charge < -0.3 is 19.3 Å². The Morgan fingerprint density at radius 1 is 0.692 bits per heavy atom. The van der Waals surface area contributed by atoms with Crippen LogP contribution < -0.4 is 0 Å². The minimum atomic E-state index is -0.232. The molecule has 0 bridgehead atoms. The maximum Gasteiger partial charge on any atom is 0.306 e. The molecule has 0 radical (unpaired) electrons. The Hall–Kier alpha value is -1.98. The largest absolute Gasteiger partial charge is 0.461 e. The summed E-state index contributed by atoms with van der Waals surface area (Å²) in [6.07, 6.45) is 9.48. The minimum Gasteiger partial charge on any atom is -0.461 e. The van der Waals surface area contributed by atoms with Crippen LogP contribution in [0.5, 0.6) is 0 Å². The molecule has 150 valence electrons. The highest BCUT2D eigenvalue weighted by Crippen LogP contribution is 2.03. The standard InChI is InChI=1S/C20H36N2O4/c1-5-21(6-2)15-11-17-25-19(23)13-9-10-14-20(24)26-18-12-16-22(7-3)8-4/h11-12,15-16H,5-10,13-14,17-18H2,1-4H3. The molecule has 0 aliphatic carbocycles. The molecule has 6 nitrogen and oxygen atoms in total. The van der Waals surface area contributed by atoms with Gasteiger partial charge in [0.25, 0.3) is 0 Å².